The van der Waals surface area contributed by atoms with E-state index in [0.29, 0.717) is 10.7 Å². The topological polar surface area (TPSA) is 42.1 Å². The Morgan fingerprint density at radius 2 is 2.17 bits per heavy atom. The Balaban J connectivity index is 2.39. The lowest BCUT2D eigenvalue weighted by atomic mass is 10.2. The highest BCUT2D eigenvalue weighted by atomic mass is 35.5. The number of aromatic nitrogens is 1. The molecule has 1 aliphatic rings. The van der Waals surface area contributed by atoms with Gasteiger partial charge in [0.05, 0.1) is 22.6 Å². The van der Waals surface area contributed by atoms with Gasteiger partial charge >= 0.3 is 0 Å². The third-order valence-corrected chi connectivity index (χ3v) is 2.35. The predicted molar refractivity (Wildman–Crippen MR) is 50.5 cm³/mol. The molecule has 0 bridgehead atoms. The van der Waals surface area contributed by atoms with E-state index in [1.165, 1.54) is 6.42 Å². The normalized spacial score (nSPS) is 15.9. The summed E-state index contributed by atoms with van der Waals surface area (Å²) in [6.07, 6.45) is 4.49. The summed E-state index contributed by atoms with van der Waals surface area (Å²) in [6.45, 7) is 2.10. The van der Waals surface area contributed by atoms with Gasteiger partial charge in [-0.1, -0.05) is 11.6 Å². The van der Waals surface area contributed by atoms with Crippen molar-refractivity contribution in [3.63, 3.8) is 0 Å². The van der Waals surface area contributed by atoms with Crippen LogP contribution in [-0.4, -0.2) is 18.1 Å². The Morgan fingerprint density at radius 3 is 2.67 bits per heavy atom. The zero-order chi connectivity index (χ0) is 8.55. The molecule has 2 rings (SSSR count). The molecule has 2 N–H and O–H groups in total. The minimum Gasteiger partial charge on any atom is -0.396 e. The number of hydrogen-bond donors (Lipinski definition) is 1. The molecule has 0 amide bonds. The van der Waals surface area contributed by atoms with Crippen LogP contribution in [0.4, 0.5) is 11.4 Å². The van der Waals surface area contributed by atoms with Gasteiger partial charge in [0.25, 0.3) is 0 Å². The SMILES string of the molecule is Nc1cncc(Cl)c1N1CCC1. The molecule has 1 fully saturated rings. The fourth-order valence-electron chi connectivity index (χ4n) is 1.32. The Hall–Kier alpha value is -0.960. The number of anilines is 2. The van der Waals surface area contributed by atoms with E-state index in [0.717, 1.165) is 18.8 Å². The monoisotopic (exact) mass is 183 g/mol. The van der Waals surface area contributed by atoms with Crippen molar-refractivity contribution in [1.82, 2.24) is 4.98 Å². The first-order chi connectivity index (χ1) is 5.79. The molecule has 0 spiro atoms. The summed E-state index contributed by atoms with van der Waals surface area (Å²) in [6, 6.07) is 0. The number of nitrogens with two attached hydrogens (primary N) is 1. The summed E-state index contributed by atoms with van der Waals surface area (Å²) in [5.74, 6) is 0. The van der Waals surface area contributed by atoms with E-state index in [9.17, 15) is 0 Å². The van der Waals surface area contributed by atoms with Crippen LogP contribution >= 0.6 is 11.6 Å². The van der Waals surface area contributed by atoms with Crippen LogP contribution in [0, 0.1) is 0 Å². The number of nitrogen functional groups attached to an aromatic ring is 1. The van der Waals surface area contributed by atoms with Crippen molar-refractivity contribution in [2.45, 2.75) is 6.42 Å². The Morgan fingerprint density at radius 1 is 1.42 bits per heavy atom. The first-order valence-electron chi connectivity index (χ1n) is 3.93. The number of nitrogens with zero attached hydrogens (tertiary/aromatic N) is 2. The van der Waals surface area contributed by atoms with E-state index in [2.05, 4.69) is 9.88 Å². The average molecular weight is 184 g/mol. The summed E-state index contributed by atoms with van der Waals surface area (Å²) < 4.78 is 0. The van der Waals surface area contributed by atoms with Gasteiger partial charge in [-0.15, -0.1) is 0 Å². The maximum absolute atomic E-state index is 5.95. The molecule has 0 atom stereocenters. The smallest absolute Gasteiger partial charge is 0.0843 e. The van der Waals surface area contributed by atoms with Crippen LogP contribution in [0.3, 0.4) is 0 Å². The van der Waals surface area contributed by atoms with Crippen LogP contribution in [0.1, 0.15) is 6.42 Å². The molecule has 1 aromatic heterocycles. The van der Waals surface area contributed by atoms with Crippen molar-refractivity contribution in [2.24, 2.45) is 0 Å². The quantitative estimate of drug-likeness (QED) is 0.718. The van der Waals surface area contributed by atoms with E-state index in [1.54, 1.807) is 12.4 Å². The first kappa shape index (κ1) is 7.68. The van der Waals surface area contributed by atoms with Crippen molar-refractivity contribution in [1.29, 1.82) is 0 Å². The Kier molecular flexibility index (Phi) is 1.81. The Bertz CT molecular complexity index is 276. The fourth-order valence-corrected chi connectivity index (χ4v) is 1.60. The fraction of sp³-hybridized carbons (Fsp3) is 0.375. The predicted octanol–water partition coefficient (Wildman–Crippen LogP) is 1.53. The number of rotatable bonds is 1. The van der Waals surface area contributed by atoms with Gasteiger partial charge in [-0.05, 0) is 6.42 Å². The zero-order valence-corrected chi connectivity index (χ0v) is 7.38. The minimum atomic E-state index is 0.648. The molecule has 1 aromatic rings. The van der Waals surface area contributed by atoms with Crippen molar-refractivity contribution < 1.29 is 0 Å². The van der Waals surface area contributed by atoms with Gasteiger partial charge < -0.3 is 10.6 Å². The molecule has 2 heterocycles. The van der Waals surface area contributed by atoms with Crippen LogP contribution in [-0.2, 0) is 0 Å². The number of pyridine rings is 1. The second-order valence-electron chi connectivity index (χ2n) is 2.90. The second kappa shape index (κ2) is 2.83. The molecule has 0 unspecified atom stereocenters. The van der Waals surface area contributed by atoms with Gasteiger partial charge in [-0.3, -0.25) is 4.98 Å². The highest BCUT2D eigenvalue weighted by Crippen LogP contribution is 2.33. The third-order valence-electron chi connectivity index (χ3n) is 2.07. The van der Waals surface area contributed by atoms with Gasteiger partial charge in [0.2, 0.25) is 0 Å². The van der Waals surface area contributed by atoms with E-state index >= 15 is 0 Å². The summed E-state index contributed by atoms with van der Waals surface area (Å²) in [7, 11) is 0. The van der Waals surface area contributed by atoms with E-state index in [1.807, 2.05) is 0 Å². The molecule has 0 aromatic carbocycles. The van der Waals surface area contributed by atoms with Crippen LogP contribution in [0.2, 0.25) is 5.02 Å². The largest absolute Gasteiger partial charge is 0.396 e. The molecule has 12 heavy (non-hydrogen) atoms. The van der Waals surface area contributed by atoms with Gasteiger partial charge in [0.1, 0.15) is 0 Å². The maximum atomic E-state index is 5.95. The average Bonchev–Trinajstić information content (AvgIpc) is 1.93. The standard InChI is InChI=1S/C8H10ClN3/c9-6-4-11-5-7(10)8(6)12-2-1-3-12/h4-5H,1-3,10H2. The van der Waals surface area contributed by atoms with Crippen LogP contribution < -0.4 is 10.6 Å². The van der Waals surface area contributed by atoms with E-state index < -0.39 is 0 Å². The third kappa shape index (κ3) is 1.10. The molecule has 0 aliphatic carbocycles. The van der Waals surface area contributed by atoms with Gasteiger partial charge in [0, 0.05) is 19.3 Å². The highest BCUT2D eigenvalue weighted by molar-refractivity contribution is 6.33. The molecule has 3 nitrogen and oxygen atoms in total. The molecular formula is C8H10ClN3. The first-order valence-corrected chi connectivity index (χ1v) is 4.31. The van der Waals surface area contributed by atoms with Crippen molar-refractivity contribution in [3.8, 4) is 0 Å². The summed E-state index contributed by atoms with van der Waals surface area (Å²) >= 11 is 5.95. The molecule has 1 saturated heterocycles. The van der Waals surface area contributed by atoms with Crippen molar-refractivity contribution >= 4 is 23.0 Å². The van der Waals surface area contributed by atoms with Crippen LogP contribution in [0.15, 0.2) is 12.4 Å². The molecule has 0 saturated carbocycles. The van der Waals surface area contributed by atoms with Crippen molar-refractivity contribution in [2.75, 3.05) is 23.7 Å². The molecule has 64 valence electrons. The number of halogens is 1. The Labute approximate surface area is 76.1 Å². The summed E-state index contributed by atoms with van der Waals surface area (Å²) in [5.41, 5.74) is 7.35. The lowest BCUT2D eigenvalue weighted by Crippen LogP contribution is -2.37. The number of hydrogen-bond acceptors (Lipinski definition) is 3. The van der Waals surface area contributed by atoms with Gasteiger partial charge in [-0.2, -0.15) is 0 Å². The highest BCUT2D eigenvalue weighted by Gasteiger charge is 2.19. The molecular weight excluding hydrogens is 174 g/mol. The summed E-state index contributed by atoms with van der Waals surface area (Å²) in [5, 5.41) is 0.648. The minimum absolute atomic E-state index is 0.648. The zero-order valence-electron chi connectivity index (χ0n) is 6.63. The summed E-state index contributed by atoms with van der Waals surface area (Å²) in [4.78, 5) is 6.07. The van der Waals surface area contributed by atoms with E-state index in [-0.39, 0.29) is 0 Å². The van der Waals surface area contributed by atoms with E-state index in [4.69, 9.17) is 17.3 Å². The second-order valence-corrected chi connectivity index (χ2v) is 3.31. The lowest BCUT2D eigenvalue weighted by Gasteiger charge is -2.34. The van der Waals surface area contributed by atoms with Crippen LogP contribution in [0.5, 0.6) is 0 Å². The van der Waals surface area contributed by atoms with Gasteiger partial charge in [-0.25, -0.2) is 0 Å². The van der Waals surface area contributed by atoms with Crippen LogP contribution in [0.25, 0.3) is 0 Å². The van der Waals surface area contributed by atoms with Gasteiger partial charge in [0.15, 0.2) is 0 Å². The lowest BCUT2D eigenvalue weighted by molar-refractivity contribution is 0.618. The molecule has 4 heteroatoms. The maximum Gasteiger partial charge on any atom is 0.0843 e. The van der Waals surface area contributed by atoms with Crippen molar-refractivity contribution in [3.05, 3.63) is 17.4 Å². The molecule has 1 aliphatic heterocycles. The molecule has 0 radical (unpaired) electrons.